The Morgan fingerprint density at radius 1 is 1.35 bits per heavy atom. The van der Waals surface area contributed by atoms with E-state index in [1.807, 2.05) is 0 Å². The summed E-state index contributed by atoms with van der Waals surface area (Å²) in [6.07, 6.45) is -3.52. The monoisotopic (exact) mass is 248 g/mol. The zero-order valence-electron chi connectivity index (χ0n) is 8.55. The highest BCUT2D eigenvalue weighted by Crippen LogP contribution is 2.31. The van der Waals surface area contributed by atoms with Crippen molar-refractivity contribution < 1.29 is 27.1 Å². The minimum atomic E-state index is -4.65. The summed E-state index contributed by atoms with van der Waals surface area (Å²) in [5, 5.41) is 0. The first kappa shape index (κ1) is 11.9. The maximum absolute atomic E-state index is 12.8. The van der Waals surface area contributed by atoms with Crippen molar-refractivity contribution in [1.29, 1.82) is 0 Å². The molecule has 92 valence electrons. The van der Waals surface area contributed by atoms with E-state index in [1.54, 1.807) is 0 Å². The topological polar surface area (TPSA) is 26.3 Å². The second-order valence-corrected chi connectivity index (χ2v) is 3.67. The molecule has 1 aliphatic rings. The van der Waals surface area contributed by atoms with E-state index in [0.717, 1.165) is 6.07 Å². The molecule has 0 radical (unpaired) electrons. The SMILES string of the molecule is O=C(c1ccc2c(c1)CCO2)C(F)(F)C(F)F. The number of benzene rings is 1. The van der Waals surface area contributed by atoms with Crippen molar-refractivity contribution in [3.05, 3.63) is 29.3 Å². The third-order valence-electron chi connectivity index (χ3n) is 2.53. The summed E-state index contributed by atoms with van der Waals surface area (Å²) >= 11 is 0. The quantitative estimate of drug-likeness (QED) is 0.607. The Bertz CT molecular complexity index is 457. The van der Waals surface area contributed by atoms with E-state index in [2.05, 4.69) is 0 Å². The Morgan fingerprint density at radius 3 is 2.71 bits per heavy atom. The van der Waals surface area contributed by atoms with Gasteiger partial charge in [-0.25, -0.2) is 8.78 Å². The number of hydrogen-bond acceptors (Lipinski definition) is 2. The number of rotatable bonds is 3. The van der Waals surface area contributed by atoms with Crippen LogP contribution in [0.4, 0.5) is 17.6 Å². The smallest absolute Gasteiger partial charge is 0.368 e. The van der Waals surface area contributed by atoms with Crippen molar-refractivity contribution >= 4 is 5.78 Å². The molecule has 0 aliphatic carbocycles. The normalized spacial score (nSPS) is 14.6. The molecule has 0 atom stereocenters. The van der Waals surface area contributed by atoms with Crippen LogP contribution >= 0.6 is 0 Å². The van der Waals surface area contributed by atoms with E-state index >= 15 is 0 Å². The first-order valence-electron chi connectivity index (χ1n) is 4.89. The van der Waals surface area contributed by atoms with Crippen LogP contribution in [0.1, 0.15) is 15.9 Å². The molecule has 1 heterocycles. The van der Waals surface area contributed by atoms with Crippen LogP contribution in [0.3, 0.4) is 0 Å². The van der Waals surface area contributed by atoms with E-state index in [4.69, 9.17) is 4.74 Å². The predicted molar refractivity (Wildman–Crippen MR) is 50.9 cm³/mol. The summed E-state index contributed by atoms with van der Waals surface area (Å²) in [6.45, 7) is 0.401. The molecule has 0 bridgehead atoms. The molecule has 17 heavy (non-hydrogen) atoms. The zero-order chi connectivity index (χ0) is 12.6. The fourth-order valence-corrected chi connectivity index (χ4v) is 1.62. The second-order valence-electron chi connectivity index (χ2n) is 3.67. The Balaban J connectivity index is 2.32. The van der Waals surface area contributed by atoms with Gasteiger partial charge in [0.2, 0.25) is 5.78 Å². The molecule has 1 aromatic carbocycles. The van der Waals surface area contributed by atoms with Crippen LogP contribution in [0.15, 0.2) is 18.2 Å². The van der Waals surface area contributed by atoms with Gasteiger partial charge in [0.1, 0.15) is 5.75 Å². The Morgan fingerprint density at radius 2 is 2.06 bits per heavy atom. The van der Waals surface area contributed by atoms with Gasteiger partial charge >= 0.3 is 12.3 Å². The van der Waals surface area contributed by atoms with E-state index in [0.29, 0.717) is 24.3 Å². The molecule has 1 aliphatic heterocycles. The van der Waals surface area contributed by atoms with Gasteiger partial charge in [0.25, 0.3) is 0 Å². The third kappa shape index (κ3) is 1.99. The average Bonchev–Trinajstić information content (AvgIpc) is 2.74. The maximum atomic E-state index is 12.8. The van der Waals surface area contributed by atoms with Crippen LogP contribution in [0.25, 0.3) is 0 Å². The van der Waals surface area contributed by atoms with Crippen molar-refractivity contribution in [3.63, 3.8) is 0 Å². The first-order valence-corrected chi connectivity index (χ1v) is 4.89. The number of alkyl halides is 4. The molecule has 0 unspecified atom stereocenters. The van der Waals surface area contributed by atoms with Crippen LogP contribution in [-0.2, 0) is 6.42 Å². The summed E-state index contributed by atoms with van der Waals surface area (Å²) in [7, 11) is 0. The summed E-state index contributed by atoms with van der Waals surface area (Å²) in [5.74, 6) is -6.00. The van der Waals surface area contributed by atoms with Crippen molar-refractivity contribution in [2.45, 2.75) is 18.8 Å². The Labute approximate surface area is 94.2 Å². The summed E-state index contributed by atoms with van der Waals surface area (Å²) in [6, 6.07) is 3.60. The van der Waals surface area contributed by atoms with E-state index in [1.165, 1.54) is 12.1 Å². The van der Waals surface area contributed by atoms with Gasteiger partial charge in [0.15, 0.2) is 0 Å². The van der Waals surface area contributed by atoms with Gasteiger partial charge in [0, 0.05) is 12.0 Å². The van der Waals surface area contributed by atoms with Crippen LogP contribution in [0.5, 0.6) is 5.75 Å². The van der Waals surface area contributed by atoms with Gasteiger partial charge in [-0.05, 0) is 23.8 Å². The fourth-order valence-electron chi connectivity index (χ4n) is 1.62. The van der Waals surface area contributed by atoms with Crippen LogP contribution < -0.4 is 4.74 Å². The van der Waals surface area contributed by atoms with E-state index < -0.39 is 23.7 Å². The van der Waals surface area contributed by atoms with Crippen molar-refractivity contribution in [2.75, 3.05) is 6.61 Å². The number of ketones is 1. The summed E-state index contributed by atoms with van der Waals surface area (Å²) in [5.41, 5.74) is 0.167. The lowest BCUT2D eigenvalue weighted by atomic mass is 10.0. The lowest BCUT2D eigenvalue weighted by Gasteiger charge is -2.14. The average molecular weight is 248 g/mol. The fraction of sp³-hybridized carbons (Fsp3) is 0.364. The minimum absolute atomic E-state index is 0.401. The van der Waals surface area contributed by atoms with Crippen LogP contribution in [0.2, 0.25) is 0 Å². The predicted octanol–water partition coefficient (Wildman–Crippen LogP) is 2.70. The molecule has 0 N–H and O–H groups in total. The first-order chi connectivity index (χ1) is 7.93. The molecule has 0 saturated carbocycles. The van der Waals surface area contributed by atoms with E-state index in [9.17, 15) is 22.4 Å². The molecule has 1 aromatic rings. The third-order valence-corrected chi connectivity index (χ3v) is 2.53. The zero-order valence-corrected chi connectivity index (χ0v) is 8.55. The highest BCUT2D eigenvalue weighted by molar-refractivity contribution is 6.02. The van der Waals surface area contributed by atoms with Gasteiger partial charge in [-0.2, -0.15) is 8.78 Å². The number of Topliss-reactive ketones (excluding diaryl/α,β-unsaturated/α-hetero) is 1. The maximum Gasteiger partial charge on any atom is 0.368 e. The van der Waals surface area contributed by atoms with Crippen molar-refractivity contribution in [3.8, 4) is 5.75 Å². The van der Waals surface area contributed by atoms with Crippen LogP contribution in [0, 0.1) is 0 Å². The van der Waals surface area contributed by atoms with Crippen molar-refractivity contribution in [2.24, 2.45) is 0 Å². The standard InChI is InChI=1S/C11H8F4O2/c12-10(13)11(14,15)9(16)7-1-2-8-6(5-7)3-4-17-8/h1-2,5,10H,3-4H2. The van der Waals surface area contributed by atoms with Gasteiger partial charge in [0.05, 0.1) is 6.61 Å². The second kappa shape index (κ2) is 4.01. The molecule has 0 fully saturated rings. The van der Waals surface area contributed by atoms with Crippen LogP contribution in [-0.4, -0.2) is 24.7 Å². The molecule has 0 spiro atoms. The number of ether oxygens (including phenoxy) is 1. The number of halogens is 4. The van der Waals surface area contributed by atoms with Gasteiger partial charge < -0.3 is 4.74 Å². The Kier molecular flexibility index (Phi) is 2.81. The van der Waals surface area contributed by atoms with Gasteiger partial charge in [-0.15, -0.1) is 0 Å². The lowest BCUT2D eigenvalue weighted by Crippen LogP contribution is -2.36. The molecule has 2 nitrogen and oxygen atoms in total. The molecule has 6 heteroatoms. The minimum Gasteiger partial charge on any atom is -0.493 e. The molecule has 0 saturated heterocycles. The number of carbonyl (C=O) groups is 1. The van der Waals surface area contributed by atoms with Gasteiger partial charge in [-0.3, -0.25) is 4.79 Å². The number of carbonyl (C=O) groups excluding carboxylic acids is 1. The molecule has 0 aromatic heterocycles. The molecular formula is C11H8F4O2. The molecule has 0 amide bonds. The Hall–Kier alpha value is -1.59. The van der Waals surface area contributed by atoms with E-state index in [-0.39, 0.29) is 0 Å². The van der Waals surface area contributed by atoms with Crippen molar-refractivity contribution in [1.82, 2.24) is 0 Å². The molecular weight excluding hydrogens is 240 g/mol. The highest BCUT2D eigenvalue weighted by atomic mass is 19.3. The highest BCUT2D eigenvalue weighted by Gasteiger charge is 2.49. The van der Waals surface area contributed by atoms with Gasteiger partial charge in [-0.1, -0.05) is 0 Å². The molecule has 2 rings (SSSR count). The number of hydrogen-bond donors (Lipinski definition) is 0. The number of fused-ring (bicyclic) bond motifs is 1. The largest absolute Gasteiger partial charge is 0.493 e. The summed E-state index contributed by atoms with van der Waals surface area (Å²) < 4.78 is 54.9. The summed E-state index contributed by atoms with van der Waals surface area (Å²) in [4.78, 5) is 11.2. The lowest BCUT2D eigenvalue weighted by molar-refractivity contribution is -0.0958.